The lowest BCUT2D eigenvalue weighted by atomic mass is 9.95. The minimum atomic E-state index is -0.725. The molecule has 6 rings (SSSR count). The number of fused-ring (bicyclic) bond motifs is 1. The first-order chi connectivity index (χ1) is 19.8. The molecular formula is C31H28F2N4O4. The third-order valence-corrected chi connectivity index (χ3v) is 8.14. The van der Waals surface area contributed by atoms with E-state index in [1.807, 2.05) is 4.90 Å². The summed E-state index contributed by atoms with van der Waals surface area (Å²) in [5, 5.41) is 2.29. The molecule has 10 heteroatoms. The van der Waals surface area contributed by atoms with Gasteiger partial charge < -0.3 is 9.80 Å². The molecule has 0 saturated carbocycles. The van der Waals surface area contributed by atoms with Gasteiger partial charge in [0.1, 0.15) is 17.7 Å². The summed E-state index contributed by atoms with van der Waals surface area (Å²) in [4.78, 5) is 55.4. The van der Waals surface area contributed by atoms with E-state index < -0.39 is 29.6 Å². The summed E-state index contributed by atoms with van der Waals surface area (Å²) in [5.41, 5.74) is 2.27. The standard InChI is InChI=1S/C31H28F2N4O4/c32-24-7-3-1-5-22(24)28(23-6-2-4-8-25(23)33)35-13-15-36(16-14-35)30(40)19-9-10-21-20(17-19)18-37(31(21)41)26-11-12-27(38)34-29(26)39/h1-10,17,26,28H,11-16,18H2,(H,34,38,39). The highest BCUT2D eigenvalue weighted by Gasteiger charge is 2.39. The normalized spacial score (nSPS) is 19.5. The van der Waals surface area contributed by atoms with Crippen LogP contribution in [-0.2, 0) is 16.1 Å². The largest absolute Gasteiger partial charge is 0.336 e. The van der Waals surface area contributed by atoms with Gasteiger partial charge in [0, 0.05) is 61.4 Å². The monoisotopic (exact) mass is 558 g/mol. The molecule has 1 N–H and O–H groups in total. The van der Waals surface area contributed by atoms with E-state index in [2.05, 4.69) is 5.32 Å². The number of carbonyl (C=O) groups is 4. The average molecular weight is 559 g/mol. The van der Waals surface area contributed by atoms with E-state index in [1.165, 1.54) is 17.0 Å². The molecule has 3 aromatic rings. The first-order valence-electron chi connectivity index (χ1n) is 13.6. The van der Waals surface area contributed by atoms with Crippen LogP contribution >= 0.6 is 0 Å². The Labute approximate surface area is 235 Å². The lowest BCUT2D eigenvalue weighted by Crippen LogP contribution is -2.52. The van der Waals surface area contributed by atoms with Crippen molar-refractivity contribution >= 4 is 23.6 Å². The molecule has 3 aliphatic heterocycles. The fourth-order valence-corrected chi connectivity index (χ4v) is 6.03. The number of benzene rings is 3. The predicted molar refractivity (Wildman–Crippen MR) is 145 cm³/mol. The van der Waals surface area contributed by atoms with Crippen molar-refractivity contribution < 1.29 is 28.0 Å². The zero-order valence-electron chi connectivity index (χ0n) is 22.2. The molecule has 8 nitrogen and oxygen atoms in total. The van der Waals surface area contributed by atoms with E-state index in [9.17, 15) is 28.0 Å². The first kappa shape index (κ1) is 26.8. The summed E-state index contributed by atoms with van der Waals surface area (Å²) in [6, 6.07) is 16.3. The fourth-order valence-electron chi connectivity index (χ4n) is 6.03. The molecule has 0 spiro atoms. The van der Waals surface area contributed by atoms with Gasteiger partial charge in [-0.25, -0.2) is 8.78 Å². The van der Waals surface area contributed by atoms with Gasteiger partial charge in [0.2, 0.25) is 11.8 Å². The second-order valence-electron chi connectivity index (χ2n) is 10.5. The van der Waals surface area contributed by atoms with Crippen molar-refractivity contribution in [3.8, 4) is 0 Å². The first-order valence-corrected chi connectivity index (χ1v) is 13.6. The van der Waals surface area contributed by atoms with Crippen LogP contribution in [0.3, 0.4) is 0 Å². The summed E-state index contributed by atoms with van der Waals surface area (Å²) in [7, 11) is 0. The van der Waals surface area contributed by atoms with E-state index in [1.54, 1.807) is 59.5 Å². The van der Waals surface area contributed by atoms with Crippen molar-refractivity contribution in [2.45, 2.75) is 31.5 Å². The van der Waals surface area contributed by atoms with E-state index in [0.29, 0.717) is 54.0 Å². The van der Waals surface area contributed by atoms with E-state index >= 15 is 0 Å². The number of imide groups is 1. The molecule has 0 radical (unpaired) electrons. The van der Waals surface area contributed by atoms with E-state index in [4.69, 9.17) is 0 Å². The van der Waals surface area contributed by atoms with Crippen molar-refractivity contribution in [2.24, 2.45) is 0 Å². The Hall–Kier alpha value is -4.44. The molecule has 3 aliphatic rings. The second-order valence-corrected chi connectivity index (χ2v) is 10.5. The second kappa shape index (κ2) is 10.9. The maximum atomic E-state index is 14.9. The number of hydrogen-bond acceptors (Lipinski definition) is 5. The lowest BCUT2D eigenvalue weighted by molar-refractivity contribution is -0.136. The number of rotatable bonds is 5. The number of amides is 4. The Morgan fingerprint density at radius 1 is 0.854 bits per heavy atom. The van der Waals surface area contributed by atoms with Crippen LogP contribution in [0.15, 0.2) is 66.7 Å². The van der Waals surface area contributed by atoms with Gasteiger partial charge in [0.25, 0.3) is 11.8 Å². The molecule has 0 aliphatic carbocycles. The molecule has 1 unspecified atom stereocenters. The molecule has 210 valence electrons. The van der Waals surface area contributed by atoms with Crippen molar-refractivity contribution in [3.63, 3.8) is 0 Å². The van der Waals surface area contributed by atoms with E-state index in [0.717, 1.165) is 0 Å². The van der Waals surface area contributed by atoms with Crippen molar-refractivity contribution in [2.75, 3.05) is 26.2 Å². The lowest BCUT2D eigenvalue weighted by Gasteiger charge is -2.40. The predicted octanol–water partition coefficient (Wildman–Crippen LogP) is 3.27. The van der Waals surface area contributed by atoms with Crippen molar-refractivity contribution in [1.29, 1.82) is 0 Å². The number of carbonyl (C=O) groups excluding carboxylic acids is 4. The Balaban J connectivity index is 1.17. The molecule has 0 aromatic heterocycles. The Bertz CT molecular complexity index is 1510. The molecule has 3 heterocycles. The van der Waals surface area contributed by atoms with Crippen LogP contribution in [0.4, 0.5) is 8.78 Å². The highest BCUT2D eigenvalue weighted by atomic mass is 19.1. The number of piperazine rings is 1. The molecule has 0 bridgehead atoms. The van der Waals surface area contributed by atoms with Crippen LogP contribution in [0.1, 0.15) is 56.3 Å². The highest BCUT2D eigenvalue weighted by Crippen LogP contribution is 2.33. The summed E-state index contributed by atoms with van der Waals surface area (Å²) < 4.78 is 29.8. The van der Waals surface area contributed by atoms with Gasteiger partial charge in [-0.3, -0.25) is 29.4 Å². The quantitative estimate of drug-likeness (QED) is 0.486. The van der Waals surface area contributed by atoms with E-state index in [-0.39, 0.29) is 37.1 Å². The minimum Gasteiger partial charge on any atom is -0.336 e. The SMILES string of the molecule is O=C1CCC(N2Cc3cc(C(=O)N4CCN(C(c5ccccc5F)c5ccccc5F)CC4)ccc3C2=O)C(=O)N1. The van der Waals surface area contributed by atoms with Crippen LogP contribution in [0, 0.1) is 11.6 Å². The molecule has 2 fully saturated rings. The van der Waals surface area contributed by atoms with Gasteiger partial charge in [0.15, 0.2) is 0 Å². The summed E-state index contributed by atoms with van der Waals surface area (Å²) in [6.07, 6.45) is 0.433. The molecule has 2 saturated heterocycles. The number of halogens is 2. The highest BCUT2D eigenvalue weighted by molar-refractivity contribution is 6.06. The Morgan fingerprint density at radius 2 is 1.49 bits per heavy atom. The molecule has 3 aromatic carbocycles. The Morgan fingerprint density at radius 3 is 2.10 bits per heavy atom. The van der Waals surface area contributed by atoms with Gasteiger partial charge in [-0.2, -0.15) is 0 Å². The van der Waals surface area contributed by atoms with Crippen LogP contribution < -0.4 is 5.32 Å². The summed E-state index contributed by atoms with van der Waals surface area (Å²) >= 11 is 0. The zero-order valence-corrected chi connectivity index (χ0v) is 22.2. The third-order valence-electron chi connectivity index (χ3n) is 8.14. The van der Waals surface area contributed by atoms with Crippen LogP contribution in [0.2, 0.25) is 0 Å². The summed E-state index contributed by atoms with van der Waals surface area (Å²) in [5.74, 6) is -2.17. The number of nitrogens with one attached hydrogen (secondary N) is 1. The minimum absolute atomic E-state index is 0.168. The van der Waals surface area contributed by atoms with Crippen molar-refractivity contribution in [1.82, 2.24) is 20.0 Å². The number of piperidine rings is 1. The van der Waals surface area contributed by atoms with Crippen LogP contribution in [0.5, 0.6) is 0 Å². The maximum Gasteiger partial charge on any atom is 0.255 e. The number of nitrogens with zero attached hydrogens (tertiary/aromatic N) is 3. The van der Waals surface area contributed by atoms with Gasteiger partial charge in [0.05, 0.1) is 6.04 Å². The van der Waals surface area contributed by atoms with Crippen LogP contribution in [0.25, 0.3) is 0 Å². The number of hydrogen-bond donors (Lipinski definition) is 1. The molecule has 1 atom stereocenters. The van der Waals surface area contributed by atoms with Gasteiger partial charge >= 0.3 is 0 Å². The van der Waals surface area contributed by atoms with Gasteiger partial charge in [-0.05, 0) is 42.3 Å². The fraction of sp³-hybridized carbons (Fsp3) is 0.290. The Kier molecular flexibility index (Phi) is 7.08. The summed E-state index contributed by atoms with van der Waals surface area (Å²) in [6.45, 7) is 1.72. The maximum absolute atomic E-state index is 14.9. The molecular weight excluding hydrogens is 530 g/mol. The van der Waals surface area contributed by atoms with Crippen LogP contribution in [-0.4, -0.2) is 70.5 Å². The molecule has 41 heavy (non-hydrogen) atoms. The zero-order chi connectivity index (χ0) is 28.7. The van der Waals surface area contributed by atoms with Gasteiger partial charge in [-0.1, -0.05) is 36.4 Å². The van der Waals surface area contributed by atoms with Crippen molar-refractivity contribution in [3.05, 3.63) is 106 Å². The topological polar surface area (TPSA) is 90.0 Å². The molecule has 4 amide bonds. The smallest absolute Gasteiger partial charge is 0.255 e. The third kappa shape index (κ3) is 4.99. The van der Waals surface area contributed by atoms with Gasteiger partial charge in [-0.15, -0.1) is 0 Å². The average Bonchev–Trinajstić information content (AvgIpc) is 3.30.